The Morgan fingerprint density at radius 3 is 0.840 bits per heavy atom. The van der Waals surface area contributed by atoms with E-state index >= 15 is 0 Å². The third-order valence-electron chi connectivity index (χ3n) is 16.9. The fourth-order valence-electron chi connectivity index (χ4n) is 10.7. The number of ether oxygens (including phenoxy) is 4. The van der Waals surface area contributed by atoms with E-state index in [0.29, 0.717) is 25.7 Å². The second-order valence-corrected chi connectivity index (χ2v) is 29.6. The first kappa shape index (κ1) is 96.2. The van der Waals surface area contributed by atoms with E-state index in [2.05, 4.69) is 113 Å². The van der Waals surface area contributed by atoms with Crippen molar-refractivity contribution >= 4 is 39.5 Å². The van der Waals surface area contributed by atoms with Crippen LogP contribution in [0, 0.1) is 0 Å². The molecule has 0 aromatic carbocycles. The van der Waals surface area contributed by atoms with Gasteiger partial charge in [-0.25, -0.2) is 9.13 Å². The first-order chi connectivity index (χ1) is 48.7. The number of hydrogen-bond donors (Lipinski definition) is 3. The molecular weight excluding hydrogens is 1310 g/mol. The molecule has 0 amide bonds. The Bertz CT molecular complexity index is 2230. The number of carbonyl (C=O) groups excluding carboxylic acids is 4. The monoisotopic (exact) mass is 1450 g/mol. The zero-order valence-electron chi connectivity index (χ0n) is 63.4. The highest BCUT2D eigenvalue weighted by molar-refractivity contribution is 7.47. The molecule has 0 aromatic rings. The number of esters is 4. The Labute approximate surface area is 608 Å². The van der Waals surface area contributed by atoms with Crippen LogP contribution < -0.4 is 0 Å². The van der Waals surface area contributed by atoms with Crippen LogP contribution in [0.4, 0.5) is 0 Å². The number of rotatable bonds is 75. The van der Waals surface area contributed by atoms with Gasteiger partial charge in [0, 0.05) is 25.7 Å². The molecule has 19 heteroatoms. The molecule has 2 unspecified atom stereocenters. The number of aliphatic hydroxyl groups excluding tert-OH is 1. The molecule has 0 bridgehead atoms. The van der Waals surface area contributed by atoms with Gasteiger partial charge < -0.3 is 33.8 Å². The molecule has 0 aliphatic carbocycles. The Morgan fingerprint density at radius 1 is 0.290 bits per heavy atom. The number of hydrogen-bond acceptors (Lipinski definition) is 15. The van der Waals surface area contributed by atoms with Gasteiger partial charge in [0.15, 0.2) is 12.2 Å². The maximum absolute atomic E-state index is 13.1. The molecule has 0 aliphatic rings. The number of allylic oxidation sites excluding steroid dienone is 14. The molecule has 580 valence electrons. The van der Waals surface area contributed by atoms with E-state index in [1.54, 1.807) is 0 Å². The average molecular weight is 1450 g/mol. The summed E-state index contributed by atoms with van der Waals surface area (Å²) in [7, 11) is -9.96. The summed E-state index contributed by atoms with van der Waals surface area (Å²) in [6, 6.07) is 0. The normalized spacial score (nSPS) is 14.3. The maximum Gasteiger partial charge on any atom is 0.472 e. The first-order valence-corrected chi connectivity index (χ1v) is 42.9. The van der Waals surface area contributed by atoms with Gasteiger partial charge in [-0.3, -0.25) is 37.3 Å². The highest BCUT2D eigenvalue weighted by Gasteiger charge is 2.30. The van der Waals surface area contributed by atoms with Crippen LogP contribution >= 0.6 is 15.6 Å². The predicted molar refractivity (Wildman–Crippen MR) is 409 cm³/mol. The average Bonchev–Trinajstić information content (AvgIpc) is 1.01. The zero-order chi connectivity index (χ0) is 73.2. The summed E-state index contributed by atoms with van der Waals surface area (Å²) in [6.07, 6.45) is 75.5. The molecule has 0 fully saturated rings. The van der Waals surface area contributed by atoms with Gasteiger partial charge in [-0.05, 0) is 135 Å². The molecule has 0 heterocycles. The Balaban J connectivity index is 5.39. The Morgan fingerprint density at radius 2 is 0.520 bits per heavy atom. The van der Waals surface area contributed by atoms with Crippen LogP contribution in [0.25, 0.3) is 0 Å². The molecular formula is C81H144O17P2. The zero-order valence-corrected chi connectivity index (χ0v) is 65.2. The van der Waals surface area contributed by atoms with E-state index in [-0.39, 0.29) is 25.7 Å². The van der Waals surface area contributed by atoms with Crippen molar-refractivity contribution in [3.63, 3.8) is 0 Å². The van der Waals surface area contributed by atoms with Gasteiger partial charge in [0.2, 0.25) is 0 Å². The van der Waals surface area contributed by atoms with E-state index in [1.807, 2.05) is 0 Å². The van der Waals surface area contributed by atoms with Crippen LogP contribution in [0.1, 0.15) is 349 Å². The smallest absolute Gasteiger partial charge is 0.462 e. The van der Waals surface area contributed by atoms with Gasteiger partial charge in [0.25, 0.3) is 0 Å². The largest absolute Gasteiger partial charge is 0.472 e. The lowest BCUT2D eigenvalue weighted by molar-refractivity contribution is -0.161. The van der Waals surface area contributed by atoms with Crippen LogP contribution in [-0.2, 0) is 65.4 Å². The van der Waals surface area contributed by atoms with Crippen LogP contribution in [-0.4, -0.2) is 96.7 Å². The van der Waals surface area contributed by atoms with Gasteiger partial charge in [0.05, 0.1) is 26.4 Å². The lowest BCUT2D eigenvalue weighted by atomic mass is 10.1. The van der Waals surface area contributed by atoms with Crippen LogP contribution in [0.15, 0.2) is 85.1 Å². The minimum Gasteiger partial charge on any atom is -0.462 e. The van der Waals surface area contributed by atoms with Crippen molar-refractivity contribution in [3.05, 3.63) is 85.1 Å². The van der Waals surface area contributed by atoms with Gasteiger partial charge in [-0.15, -0.1) is 0 Å². The summed E-state index contributed by atoms with van der Waals surface area (Å²) in [6.45, 7) is 4.79. The number of phosphoric acid groups is 2. The molecule has 0 aromatic heterocycles. The summed E-state index contributed by atoms with van der Waals surface area (Å²) in [5, 5.41) is 10.6. The van der Waals surface area contributed by atoms with Crippen molar-refractivity contribution in [2.75, 3.05) is 39.6 Å². The van der Waals surface area contributed by atoms with Gasteiger partial charge in [0.1, 0.15) is 19.3 Å². The molecule has 3 N–H and O–H groups in total. The second-order valence-electron chi connectivity index (χ2n) is 26.7. The second kappa shape index (κ2) is 73.5. The highest BCUT2D eigenvalue weighted by atomic mass is 31.2. The summed E-state index contributed by atoms with van der Waals surface area (Å²) < 4.78 is 68.6. The molecule has 5 atom stereocenters. The SMILES string of the molecule is CCCCC/C=C\C/C=C\CCCCCCCC(=O)OC[C@H](COP(=O)(O)OC[C@H](O)COP(=O)(O)OC[C@@H](COC(=O)CCCCCCC/C=C\C=C/CCCCCC)OC(=O)CCCCCCC/C=C\CCCCCCCC)OC(=O)CCCCCCC/C=C\C=C/CCCCCC. The number of carbonyl (C=O) groups is 4. The third-order valence-corrected chi connectivity index (χ3v) is 18.8. The molecule has 0 rings (SSSR count). The predicted octanol–water partition coefficient (Wildman–Crippen LogP) is 23.0. The number of unbranched alkanes of at least 4 members (excludes halogenated alkanes) is 37. The molecule has 100 heavy (non-hydrogen) atoms. The standard InChI is InChI=1S/C81H144O17P2/c1-5-9-13-17-21-25-29-33-37-41-45-49-53-57-61-65-78(83)91-71-76(97-80(85)67-63-59-55-51-47-43-39-35-31-27-23-19-15-11-7-3)73-95-99(87,88)93-69-75(82)70-94-100(89,90)96-74-77(98-81(86)68-64-60-56-52-48-44-40-36-32-28-24-20-16-12-8-4)72-92-79(84)66-62-58-54-50-46-42-38-34-30-26-22-18-14-10-6-2/h21,25-27,30-31,33-40,75-77,82H,5-20,22-24,28-29,32,41-74H2,1-4H3,(H,87,88)(H,89,90)/b25-21-,30-26-,31-27-,37-33-,38-34-,39-35-,40-36-/t75-,76+,77+/m0/s1. The quantitative estimate of drug-likeness (QED) is 0.0128. The maximum atomic E-state index is 13.1. The van der Waals surface area contributed by atoms with Crippen LogP contribution in [0.5, 0.6) is 0 Å². The summed E-state index contributed by atoms with van der Waals surface area (Å²) >= 11 is 0. The molecule has 0 saturated heterocycles. The first-order valence-electron chi connectivity index (χ1n) is 39.9. The van der Waals surface area contributed by atoms with E-state index in [4.69, 9.17) is 37.0 Å². The molecule has 0 radical (unpaired) electrons. The van der Waals surface area contributed by atoms with Gasteiger partial charge >= 0.3 is 39.5 Å². The Kier molecular flexibility index (Phi) is 70.8. The van der Waals surface area contributed by atoms with Crippen molar-refractivity contribution < 1.29 is 80.2 Å². The van der Waals surface area contributed by atoms with Gasteiger partial charge in [-0.1, -0.05) is 273 Å². The lowest BCUT2D eigenvalue weighted by Crippen LogP contribution is -2.30. The van der Waals surface area contributed by atoms with E-state index in [9.17, 15) is 43.2 Å². The minimum atomic E-state index is -4.98. The lowest BCUT2D eigenvalue weighted by Gasteiger charge is -2.21. The topological polar surface area (TPSA) is 237 Å². The van der Waals surface area contributed by atoms with Crippen molar-refractivity contribution in [1.29, 1.82) is 0 Å². The molecule has 0 spiro atoms. The van der Waals surface area contributed by atoms with Crippen molar-refractivity contribution in [2.45, 2.75) is 367 Å². The van der Waals surface area contributed by atoms with Crippen LogP contribution in [0.3, 0.4) is 0 Å². The van der Waals surface area contributed by atoms with Gasteiger partial charge in [-0.2, -0.15) is 0 Å². The third kappa shape index (κ3) is 72.6. The summed E-state index contributed by atoms with van der Waals surface area (Å²) in [4.78, 5) is 73.0. The van der Waals surface area contributed by atoms with E-state index in [1.165, 1.54) is 109 Å². The summed E-state index contributed by atoms with van der Waals surface area (Å²) in [5.74, 6) is -2.21. The number of phosphoric ester groups is 2. The molecule has 17 nitrogen and oxygen atoms in total. The Hall–Kier alpha value is -3.76. The fourth-order valence-corrected chi connectivity index (χ4v) is 12.3. The highest BCUT2D eigenvalue weighted by Crippen LogP contribution is 2.45. The van der Waals surface area contributed by atoms with E-state index < -0.39 is 97.5 Å². The van der Waals surface area contributed by atoms with Crippen LogP contribution in [0.2, 0.25) is 0 Å². The fraction of sp³-hybridized carbons (Fsp3) is 0.778. The summed E-state index contributed by atoms with van der Waals surface area (Å²) in [5.41, 5.74) is 0. The molecule has 0 saturated carbocycles. The minimum absolute atomic E-state index is 0.0752. The van der Waals surface area contributed by atoms with Crippen molar-refractivity contribution in [1.82, 2.24) is 0 Å². The van der Waals surface area contributed by atoms with E-state index in [0.717, 1.165) is 161 Å². The molecule has 0 aliphatic heterocycles. The number of aliphatic hydroxyl groups is 1. The van der Waals surface area contributed by atoms with Crippen molar-refractivity contribution in [2.24, 2.45) is 0 Å². The van der Waals surface area contributed by atoms with Crippen molar-refractivity contribution in [3.8, 4) is 0 Å².